The molecule has 0 aromatic heterocycles. The van der Waals surface area contributed by atoms with Crippen LogP contribution < -0.4 is 0 Å². The molecule has 1 aromatic carbocycles. The highest BCUT2D eigenvalue weighted by molar-refractivity contribution is 5.96. The minimum atomic E-state index is -1.26. The van der Waals surface area contributed by atoms with Crippen LogP contribution in [0, 0.1) is 11.7 Å². The number of carbonyl (C=O) groups excluding carboxylic acids is 3. The van der Waals surface area contributed by atoms with Crippen molar-refractivity contribution in [3.05, 3.63) is 35.6 Å². The predicted octanol–water partition coefficient (Wildman–Crippen LogP) is 1.46. The second-order valence-electron chi connectivity index (χ2n) is 4.08. The summed E-state index contributed by atoms with van der Waals surface area (Å²) >= 11 is 0. The molecule has 0 fully saturated rings. The molecule has 1 atom stereocenters. The molecule has 1 rings (SSSR count). The van der Waals surface area contributed by atoms with Crippen LogP contribution in [0.15, 0.2) is 24.3 Å². The van der Waals surface area contributed by atoms with Crippen molar-refractivity contribution in [1.29, 1.82) is 0 Å². The molecule has 6 heteroatoms. The van der Waals surface area contributed by atoms with Gasteiger partial charge in [-0.3, -0.25) is 9.59 Å². The highest BCUT2D eigenvalue weighted by Crippen LogP contribution is 2.29. The lowest BCUT2D eigenvalue weighted by atomic mass is 9.84. The van der Waals surface area contributed by atoms with Crippen LogP contribution in [0.1, 0.15) is 17.9 Å². The highest BCUT2D eigenvalue weighted by atomic mass is 19.1. The molecule has 20 heavy (non-hydrogen) atoms. The summed E-state index contributed by atoms with van der Waals surface area (Å²) < 4.78 is 22.1. The van der Waals surface area contributed by atoms with Crippen LogP contribution in [0.3, 0.4) is 0 Å². The molecule has 5 nitrogen and oxygen atoms in total. The fraction of sp³-hybridized carbons (Fsp3) is 0.357. The van der Waals surface area contributed by atoms with Gasteiger partial charge in [0.1, 0.15) is 12.1 Å². The van der Waals surface area contributed by atoms with E-state index in [9.17, 15) is 18.8 Å². The number of hydrogen-bond acceptors (Lipinski definition) is 5. The van der Waals surface area contributed by atoms with E-state index in [1.54, 1.807) is 0 Å². The van der Waals surface area contributed by atoms with Crippen LogP contribution in [0.5, 0.6) is 0 Å². The van der Waals surface area contributed by atoms with Crippen molar-refractivity contribution < 1.29 is 28.2 Å². The zero-order valence-electron chi connectivity index (χ0n) is 11.2. The van der Waals surface area contributed by atoms with Crippen molar-refractivity contribution in [2.75, 3.05) is 14.2 Å². The van der Waals surface area contributed by atoms with E-state index in [1.165, 1.54) is 24.3 Å². The van der Waals surface area contributed by atoms with Gasteiger partial charge in [-0.15, -0.1) is 0 Å². The summed E-state index contributed by atoms with van der Waals surface area (Å²) in [6.07, 6.45) is 0.507. The second-order valence-corrected chi connectivity index (χ2v) is 4.08. The molecule has 1 aromatic rings. The van der Waals surface area contributed by atoms with Crippen LogP contribution in [0.4, 0.5) is 4.39 Å². The molecule has 0 spiro atoms. The van der Waals surface area contributed by atoms with Crippen molar-refractivity contribution in [2.24, 2.45) is 5.92 Å². The monoisotopic (exact) mass is 282 g/mol. The van der Waals surface area contributed by atoms with Gasteiger partial charge in [0.05, 0.1) is 14.2 Å². The summed E-state index contributed by atoms with van der Waals surface area (Å²) in [4.78, 5) is 34.3. The largest absolute Gasteiger partial charge is 0.468 e. The van der Waals surface area contributed by atoms with Gasteiger partial charge in [0.2, 0.25) is 0 Å². The lowest BCUT2D eigenvalue weighted by Gasteiger charge is -2.22. The summed E-state index contributed by atoms with van der Waals surface area (Å²) in [6.45, 7) is 0. The summed E-state index contributed by atoms with van der Waals surface area (Å²) in [5, 5.41) is 0. The van der Waals surface area contributed by atoms with Gasteiger partial charge in [-0.25, -0.2) is 4.39 Å². The number of carbonyl (C=O) groups is 3. The van der Waals surface area contributed by atoms with Gasteiger partial charge in [0, 0.05) is 12.3 Å². The third-order valence-electron chi connectivity index (χ3n) is 2.96. The second kappa shape index (κ2) is 7.37. The highest BCUT2D eigenvalue weighted by Gasteiger charge is 2.37. The number of halogens is 1. The molecule has 0 amide bonds. The van der Waals surface area contributed by atoms with Crippen LogP contribution in [-0.2, 0) is 23.9 Å². The zero-order chi connectivity index (χ0) is 15.1. The van der Waals surface area contributed by atoms with Crippen LogP contribution in [0.2, 0.25) is 0 Å². The Kier molecular flexibility index (Phi) is 5.83. The van der Waals surface area contributed by atoms with Crippen molar-refractivity contribution in [3.63, 3.8) is 0 Å². The molecule has 0 radical (unpaired) electrons. The first-order valence-electron chi connectivity index (χ1n) is 5.89. The zero-order valence-corrected chi connectivity index (χ0v) is 11.2. The lowest BCUT2D eigenvalue weighted by molar-refractivity contribution is -0.160. The van der Waals surface area contributed by atoms with E-state index < -0.39 is 29.6 Å². The molecular formula is C14H15FO5. The van der Waals surface area contributed by atoms with Crippen LogP contribution >= 0.6 is 0 Å². The maximum atomic E-state index is 12.9. The van der Waals surface area contributed by atoms with E-state index in [0.717, 1.165) is 14.2 Å². The Morgan fingerprint density at radius 3 is 2.05 bits per heavy atom. The standard InChI is InChI=1S/C14H15FO5/c1-19-13(17)12(14(18)20-2)11(7-8-16)9-3-5-10(15)6-4-9/h3-6,8,11-12H,7H2,1-2H3/t11-/m1/s1. The van der Waals surface area contributed by atoms with Gasteiger partial charge in [0.15, 0.2) is 5.92 Å². The number of rotatable bonds is 6. The number of hydrogen-bond donors (Lipinski definition) is 0. The first-order chi connectivity index (χ1) is 9.54. The number of esters is 2. The van der Waals surface area contributed by atoms with E-state index in [1.807, 2.05) is 0 Å². The lowest BCUT2D eigenvalue weighted by Crippen LogP contribution is -2.32. The predicted molar refractivity (Wildman–Crippen MR) is 67.3 cm³/mol. The number of ether oxygens (including phenoxy) is 2. The Labute approximate surface area is 115 Å². The molecule has 0 N–H and O–H groups in total. The van der Waals surface area contributed by atoms with Crippen molar-refractivity contribution >= 4 is 18.2 Å². The topological polar surface area (TPSA) is 69.7 Å². The van der Waals surface area contributed by atoms with Crippen LogP contribution in [0.25, 0.3) is 0 Å². The Hall–Kier alpha value is -2.24. The average Bonchev–Trinajstić information content (AvgIpc) is 2.47. The van der Waals surface area contributed by atoms with E-state index in [2.05, 4.69) is 9.47 Å². The Balaban J connectivity index is 3.19. The van der Waals surface area contributed by atoms with Crippen molar-refractivity contribution in [1.82, 2.24) is 0 Å². The summed E-state index contributed by atoms with van der Waals surface area (Å²) in [5.74, 6) is -4.07. The fourth-order valence-electron chi connectivity index (χ4n) is 1.96. The van der Waals surface area contributed by atoms with Gasteiger partial charge < -0.3 is 14.3 Å². The Morgan fingerprint density at radius 2 is 1.65 bits per heavy atom. The third kappa shape index (κ3) is 3.63. The quantitative estimate of drug-likeness (QED) is 0.449. The summed E-state index contributed by atoms with van der Waals surface area (Å²) in [7, 11) is 2.28. The number of aldehydes is 1. The maximum Gasteiger partial charge on any atom is 0.320 e. The van der Waals surface area contributed by atoms with Crippen molar-refractivity contribution in [2.45, 2.75) is 12.3 Å². The first-order valence-corrected chi connectivity index (χ1v) is 5.89. The Bertz CT molecular complexity index is 467. The van der Waals surface area contributed by atoms with Gasteiger partial charge >= 0.3 is 11.9 Å². The Morgan fingerprint density at radius 1 is 1.15 bits per heavy atom. The van der Waals surface area contributed by atoms with E-state index in [0.29, 0.717) is 11.8 Å². The summed E-state index contributed by atoms with van der Waals surface area (Å²) in [5.41, 5.74) is 0.485. The molecule has 0 saturated heterocycles. The van der Waals surface area contributed by atoms with Crippen molar-refractivity contribution in [3.8, 4) is 0 Å². The average molecular weight is 282 g/mol. The molecular weight excluding hydrogens is 267 g/mol. The van der Waals surface area contributed by atoms with E-state index in [4.69, 9.17) is 0 Å². The maximum absolute atomic E-state index is 12.9. The molecule has 0 aliphatic rings. The SMILES string of the molecule is COC(=O)C(C(=O)OC)[C@H](CC=O)c1ccc(F)cc1. The fourth-order valence-corrected chi connectivity index (χ4v) is 1.96. The molecule has 0 unspecified atom stereocenters. The van der Waals surface area contributed by atoms with Gasteiger partial charge in [0.25, 0.3) is 0 Å². The van der Waals surface area contributed by atoms with E-state index in [-0.39, 0.29) is 6.42 Å². The van der Waals surface area contributed by atoms with Crippen LogP contribution in [-0.4, -0.2) is 32.4 Å². The smallest absolute Gasteiger partial charge is 0.320 e. The normalized spacial score (nSPS) is 11.8. The number of benzene rings is 1. The van der Waals surface area contributed by atoms with Gasteiger partial charge in [-0.2, -0.15) is 0 Å². The molecule has 0 bridgehead atoms. The molecule has 0 aliphatic carbocycles. The molecule has 0 aliphatic heterocycles. The summed E-state index contributed by atoms with van der Waals surface area (Å²) in [6, 6.07) is 5.22. The van der Waals surface area contributed by atoms with Gasteiger partial charge in [-0.05, 0) is 17.7 Å². The van der Waals surface area contributed by atoms with Gasteiger partial charge in [-0.1, -0.05) is 12.1 Å². The minimum Gasteiger partial charge on any atom is -0.468 e. The number of methoxy groups -OCH3 is 2. The first kappa shape index (κ1) is 15.8. The molecule has 0 saturated carbocycles. The van der Waals surface area contributed by atoms with E-state index >= 15 is 0 Å². The minimum absolute atomic E-state index is 0.0828. The molecule has 0 heterocycles. The molecule has 108 valence electrons. The third-order valence-corrected chi connectivity index (χ3v) is 2.96.